The average molecular weight is 442 g/mol. The van der Waals surface area contributed by atoms with Crippen LogP contribution in [0.2, 0.25) is 0 Å². The third-order valence-electron chi connectivity index (χ3n) is 5.74. The Morgan fingerprint density at radius 1 is 1.12 bits per heavy atom. The average Bonchev–Trinajstić information content (AvgIpc) is 2.75. The van der Waals surface area contributed by atoms with Gasteiger partial charge in [-0.15, -0.1) is 0 Å². The van der Waals surface area contributed by atoms with Crippen LogP contribution in [0.1, 0.15) is 41.5 Å². The highest BCUT2D eigenvalue weighted by molar-refractivity contribution is 5.94. The molecule has 0 unspecified atom stereocenters. The normalized spacial score (nSPS) is 14.8. The number of aromatic nitrogens is 1. The second-order valence-electron chi connectivity index (χ2n) is 8.19. The van der Waals surface area contributed by atoms with Crippen molar-refractivity contribution in [3.05, 3.63) is 59.2 Å². The molecule has 32 heavy (non-hydrogen) atoms. The highest BCUT2D eigenvalue weighted by Crippen LogP contribution is 2.19. The van der Waals surface area contributed by atoms with Crippen LogP contribution >= 0.6 is 0 Å². The Bertz CT molecular complexity index is 906. The van der Waals surface area contributed by atoms with E-state index in [-0.39, 0.29) is 23.8 Å². The van der Waals surface area contributed by atoms with Crippen LogP contribution in [-0.2, 0) is 0 Å². The molecule has 0 atom stereocenters. The molecule has 0 bridgehead atoms. The largest absolute Gasteiger partial charge is 0.337 e. The monoisotopic (exact) mass is 441 g/mol. The van der Waals surface area contributed by atoms with Gasteiger partial charge in [0, 0.05) is 61.4 Å². The van der Waals surface area contributed by atoms with E-state index in [4.69, 9.17) is 0 Å². The lowest BCUT2D eigenvalue weighted by Gasteiger charge is -2.38. The molecule has 8 heteroatoms. The number of carbonyl (C=O) groups excluding carboxylic acids is 2. The fourth-order valence-electron chi connectivity index (χ4n) is 4.19. The second kappa shape index (κ2) is 11.0. The molecule has 2 aromatic rings. The first-order valence-electron chi connectivity index (χ1n) is 11.1. The van der Waals surface area contributed by atoms with Crippen LogP contribution in [0, 0.1) is 19.7 Å². The predicted octanol–water partition coefficient (Wildman–Crippen LogP) is 3.59. The molecule has 1 saturated heterocycles. The van der Waals surface area contributed by atoms with E-state index in [1.54, 1.807) is 12.1 Å². The van der Waals surface area contributed by atoms with E-state index >= 15 is 0 Å². The lowest BCUT2D eigenvalue weighted by molar-refractivity contribution is 0.0589. The summed E-state index contributed by atoms with van der Waals surface area (Å²) in [7, 11) is 0. The molecule has 7 nitrogen and oxygen atoms in total. The summed E-state index contributed by atoms with van der Waals surface area (Å²) in [5.74, 6) is -0.392. The second-order valence-corrected chi connectivity index (χ2v) is 8.19. The molecule has 0 aliphatic carbocycles. The Hall–Kier alpha value is -3.00. The van der Waals surface area contributed by atoms with E-state index in [1.165, 1.54) is 12.1 Å². The standard InChI is InChI=1S/C24H32FN5O2/c1-4-30(23(31)19-5-7-20(25)8-6-19)22-9-12-29(13-10-22)14-11-26-24(32)28-21-15-17(2)27-18(3)16-21/h5-8,15-16,22H,4,9-14H2,1-3H3,(H2,26,27,28,32). The topological polar surface area (TPSA) is 77.6 Å². The summed E-state index contributed by atoms with van der Waals surface area (Å²) in [5.41, 5.74) is 2.98. The van der Waals surface area contributed by atoms with Gasteiger partial charge in [0.1, 0.15) is 5.82 Å². The first-order chi connectivity index (χ1) is 15.4. The highest BCUT2D eigenvalue weighted by atomic mass is 19.1. The fraction of sp³-hybridized carbons (Fsp3) is 0.458. The summed E-state index contributed by atoms with van der Waals surface area (Å²) in [6.45, 7) is 9.42. The molecule has 1 aliphatic rings. The molecule has 1 aromatic heterocycles. The van der Waals surface area contributed by atoms with Crippen molar-refractivity contribution in [3.63, 3.8) is 0 Å². The number of piperidine rings is 1. The van der Waals surface area contributed by atoms with E-state index in [9.17, 15) is 14.0 Å². The zero-order chi connectivity index (χ0) is 23.1. The van der Waals surface area contributed by atoms with Crippen molar-refractivity contribution in [2.24, 2.45) is 0 Å². The van der Waals surface area contributed by atoms with Gasteiger partial charge in [0.2, 0.25) is 0 Å². The van der Waals surface area contributed by atoms with E-state index < -0.39 is 0 Å². The number of carbonyl (C=O) groups is 2. The molecule has 0 radical (unpaired) electrons. The number of pyridine rings is 1. The number of nitrogens with one attached hydrogen (secondary N) is 2. The molecule has 3 rings (SSSR count). The third-order valence-corrected chi connectivity index (χ3v) is 5.74. The molecule has 0 spiro atoms. The number of urea groups is 1. The zero-order valence-corrected chi connectivity index (χ0v) is 19.0. The number of halogens is 1. The summed E-state index contributed by atoms with van der Waals surface area (Å²) >= 11 is 0. The number of amides is 3. The first-order valence-corrected chi connectivity index (χ1v) is 11.1. The summed E-state index contributed by atoms with van der Waals surface area (Å²) in [6.07, 6.45) is 1.76. The first kappa shape index (κ1) is 23.7. The highest BCUT2D eigenvalue weighted by Gasteiger charge is 2.27. The van der Waals surface area contributed by atoms with Gasteiger partial charge in [-0.05, 0) is 70.0 Å². The maximum Gasteiger partial charge on any atom is 0.319 e. The van der Waals surface area contributed by atoms with Gasteiger partial charge >= 0.3 is 6.03 Å². The Labute approximate surface area is 189 Å². The molecule has 1 fully saturated rings. The molecule has 1 aromatic carbocycles. The minimum Gasteiger partial charge on any atom is -0.337 e. The molecular weight excluding hydrogens is 409 g/mol. The van der Waals surface area contributed by atoms with Gasteiger partial charge in [0.15, 0.2) is 0 Å². The van der Waals surface area contributed by atoms with Crippen LogP contribution in [0.15, 0.2) is 36.4 Å². The van der Waals surface area contributed by atoms with Crippen molar-refractivity contribution in [3.8, 4) is 0 Å². The van der Waals surface area contributed by atoms with Crippen molar-refractivity contribution in [2.45, 2.75) is 39.7 Å². The van der Waals surface area contributed by atoms with Crippen LogP contribution in [0.25, 0.3) is 0 Å². The van der Waals surface area contributed by atoms with Gasteiger partial charge in [-0.25, -0.2) is 9.18 Å². The number of hydrogen-bond donors (Lipinski definition) is 2. The fourth-order valence-corrected chi connectivity index (χ4v) is 4.19. The van der Waals surface area contributed by atoms with Crippen molar-refractivity contribution < 1.29 is 14.0 Å². The number of benzene rings is 1. The molecule has 3 amide bonds. The summed E-state index contributed by atoms with van der Waals surface area (Å²) in [6, 6.07) is 9.35. The van der Waals surface area contributed by atoms with Crippen LogP contribution in [0.4, 0.5) is 14.9 Å². The lowest BCUT2D eigenvalue weighted by Crippen LogP contribution is -2.48. The van der Waals surface area contributed by atoms with Gasteiger partial charge in [-0.3, -0.25) is 9.78 Å². The van der Waals surface area contributed by atoms with Gasteiger partial charge in [0.05, 0.1) is 0 Å². The number of likely N-dealkylation sites (tertiary alicyclic amines) is 1. The predicted molar refractivity (Wildman–Crippen MR) is 123 cm³/mol. The summed E-state index contributed by atoms with van der Waals surface area (Å²) < 4.78 is 13.2. The maximum absolute atomic E-state index is 13.2. The number of hydrogen-bond acceptors (Lipinski definition) is 4. The number of aryl methyl sites for hydroxylation is 2. The Morgan fingerprint density at radius 3 is 2.34 bits per heavy atom. The van der Waals surface area contributed by atoms with E-state index in [1.807, 2.05) is 37.8 Å². The van der Waals surface area contributed by atoms with Crippen LogP contribution in [0.5, 0.6) is 0 Å². The minimum absolute atomic E-state index is 0.0501. The van der Waals surface area contributed by atoms with Gasteiger partial charge < -0.3 is 20.4 Å². The van der Waals surface area contributed by atoms with Crippen LogP contribution in [0.3, 0.4) is 0 Å². The van der Waals surface area contributed by atoms with Crippen molar-refractivity contribution in [1.82, 2.24) is 20.1 Å². The van der Waals surface area contributed by atoms with Crippen LogP contribution in [-0.4, -0.2) is 65.5 Å². The molecule has 172 valence electrons. The summed E-state index contributed by atoms with van der Waals surface area (Å²) in [4.78, 5) is 33.5. The molecule has 2 heterocycles. The number of rotatable bonds is 7. The van der Waals surface area contributed by atoms with Crippen molar-refractivity contribution >= 4 is 17.6 Å². The zero-order valence-electron chi connectivity index (χ0n) is 19.0. The van der Waals surface area contributed by atoms with Gasteiger partial charge in [0.25, 0.3) is 5.91 Å². The lowest BCUT2D eigenvalue weighted by atomic mass is 10.0. The van der Waals surface area contributed by atoms with E-state index in [0.29, 0.717) is 18.7 Å². The maximum atomic E-state index is 13.2. The quantitative estimate of drug-likeness (QED) is 0.689. The number of nitrogens with zero attached hydrogens (tertiary/aromatic N) is 3. The molecule has 1 aliphatic heterocycles. The Balaban J connectivity index is 1.41. The smallest absolute Gasteiger partial charge is 0.319 e. The Kier molecular flexibility index (Phi) is 8.16. The summed E-state index contributed by atoms with van der Waals surface area (Å²) in [5, 5.41) is 5.75. The Morgan fingerprint density at radius 2 is 1.75 bits per heavy atom. The van der Waals surface area contributed by atoms with Crippen molar-refractivity contribution in [2.75, 3.05) is 38.0 Å². The van der Waals surface area contributed by atoms with Gasteiger partial charge in [-0.1, -0.05) is 0 Å². The minimum atomic E-state index is -0.341. The SMILES string of the molecule is CCN(C(=O)c1ccc(F)cc1)C1CCN(CCNC(=O)Nc2cc(C)nc(C)c2)CC1. The van der Waals surface area contributed by atoms with Crippen molar-refractivity contribution in [1.29, 1.82) is 0 Å². The molecular formula is C24H32FN5O2. The number of anilines is 1. The van der Waals surface area contributed by atoms with E-state index in [0.717, 1.165) is 49.6 Å². The molecule has 0 saturated carbocycles. The molecule has 2 N–H and O–H groups in total. The van der Waals surface area contributed by atoms with Crippen LogP contribution < -0.4 is 10.6 Å². The third kappa shape index (κ3) is 6.50. The van der Waals surface area contributed by atoms with E-state index in [2.05, 4.69) is 20.5 Å². The van der Waals surface area contributed by atoms with Gasteiger partial charge in [-0.2, -0.15) is 0 Å².